The lowest BCUT2D eigenvalue weighted by Crippen LogP contribution is -2.24. The van der Waals surface area contributed by atoms with Crippen LogP contribution < -0.4 is 5.32 Å². The van der Waals surface area contributed by atoms with Gasteiger partial charge in [0.2, 0.25) is 0 Å². The second-order valence-corrected chi connectivity index (χ2v) is 5.35. The highest BCUT2D eigenvalue weighted by Crippen LogP contribution is 2.32. The number of halogens is 1. The Balaban J connectivity index is 2.22. The molecule has 112 valence electrons. The van der Waals surface area contributed by atoms with Crippen LogP contribution in [0.2, 0.25) is 5.02 Å². The van der Waals surface area contributed by atoms with E-state index in [-0.39, 0.29) is 12.5 Å². The summed E-state index contributed by atoms with van der Waals surface area (Å²) < 4.78 is 0. The third-order valence-corrected chi connectivity index (χ3v) is 3.78. The van der Waals surface area contributed by atoms with Crippen LogP contribution in [-0.4, -0.2) is 17.4 Å². The topological polar surface area (TPSA) is 42.0 Å². The van der Waals surface area contributed by atoms with Crippen LogP contribution in [0.25, 0.3) is 22.0 Å². The lowest BCUT2D eigenvalue weighted by Gasteiger charge is -2.10. The molecule has 4 heteroatoms. The number of amides is 1. The van der Waals surface area contributed by atoms with Crippen LogP contribution in [0, 0.1) is 12.3 Å². The monoisotopic (exact) mass is 320 g/mol. The summed E-state index contributed by atoms with van der Waals surface area (Å²) >= 11 is 6.31. The van der Waals surface area contributed by atoms with Crippen LogP contribution in [-0.2, 0) is 0 Å². The van der Waals surface area contributed by atoms with Gasteiger partial charge in [0.1, 0.15) is 5.69 Å². The number of aromatic nitrogens is 1. The molecule has 2 aromatic carbocycles. The van der Waals surface area contributed by atoms with Gasteiger partial charge in [-0.25, -0.2) is 4.98 Å². The number of hydrogen-bond donors (Lipinski definition) is 1. The molecule has 23 heavy (non-hydrogen) atoms. The number of carbonyl (C=O) groups is 1. The molecule has 0 aliphatic heterocycles. The molecule has 0 atom stereocenters. The number of fused-ring (bicyclic) bond motifs is 1. The second kappa shape index (κ2) is 6.51. The molecule has 0 aliphatic carbocycles. The number of nitrogens with zero attached hydrogens (tertiary/aromatic N) is 1. The maximum Gasteiger partial charge on any atom is 0.270 e. The van der Waals surface area contributed by atoms with Crippen LogP contribution in [0.5, 0.6) is 0 Å². The molecule has 0 saturated heterocycles. The molecule has 1 heterocycles. The molecule has 0 fully saturated rings. The van der Waals surface area contributed by atoms with Gasteiger partial charge in [-0.15, -0.1) is 6.42 Å². The zero-order valence-electron chi connectivity index (χ0n) is 12.2. The summed E-state index contributed by atoms with van der Waals surface area (Å²) in [6, 6.07) is 16.9. The van der Waals surface area contributed by atoms with Gasteiger partial charge in [-0.3, -0.25) is 4.79 Å². The molecular formula is C19H13ClN2O. The first-order chi connectivity index (χ1) is 11.2. The van der Waals surface area contributed by atoms with E-state index in [1.54, 1.807) is 12.1 Å². The third-order valence-electron chi connectivity index (χ3n) is 3.45. The Hall–Kier alpha value is -2.83. The summed E-state index contributed by atoms with van der Waals surface area (Å²) in [6.07, 6.45) is 5.18. The molecule has 1 aromatic heterocycles. The van der Waals surface area contributed by atoms with E-state index < -0.39 is 0 Å². The van der Waals surface area contributed by atoms with Crippen LogP contribution in [0.4, 0.5) is 0 Å². The van der Waals surface area contributed by atoms with Crippen molar-refractivity contribution >= 4 is 28.3 Å². The van der Waals surface area contributed by atoms with Crippen LogP contribution in [0.3, 0.4) is 0 Å². The van der Waals surface area contributed by atoms with Crippen molar-refractivity contribution in [1.82, 2.24) is 10.3 Å². The number of carbonyl (C=O) groups excluding carboxylic acids is 1. The summed E-state index contributed by atoms with van der Waals surface area (Å²) in [5.41, 5.74) is 1.78. The molecule has 0 bridgehead atoms. The van der Waals surface area contributed by atoms with E-state index in [1.807, 2.05) is 42.5 Å². The van der Waals surface area contributed by atoms with Gasteiger partial charge in [0.05, 0.1) is 12.2 Å². The lowest BCUT2D eigenvalue weighted by molar-refractivity contribution is 0.0954. The summed E-state index contributed by atoms with van der Waals surface area (Å²) in [7, 11) is 0. The first-order valence-corrected chi connectivity index (χ1v) is 7.45. The molecule has 0 saturated carbocycles. The van der Waals surface area contributed by atoms with Crippen molar-refractivity contribution in [3.8, 4) is 23.6 Å². The van der Waals surface area contributed by atoms with Crippen molar-refractivity contribution in [2.75, 3.05) is 6.54 Å². The highest BCUT2D eigenvalue weighted by Gasteiger charge is 2.14. The Bertz CT molecular complexity index is 928. The Kier molecular flexibility index (Phi) is 4.27. The Labute approximate surface area is 139 Å². The molecule has 1 amide bonds. The van der Waals surface area contributed by atoms with E-state index in [1.165, 1.54) is 0 Å². The van der Waals surface area contributed by atoms with Crippen molar-refractivity contribution in [1.29, 1.82) is 0 Å². The van der Waals surface area contributed by atoms with Crippen molar-refractivity contribution in [2.45, 2.75) is 0 Å². The Morgan fingerprint density at radius 1 is 1.17 bits per heavy atom. The summed E-state index contributed by atoms with van der Waals surface area (Å²) in [4.78, 5) is 16.7. The fourth-order valence-corrected chi connectivity index (χ4v) is 2.62. The van der Waals surface area contributed by atoms with Crippen molar-refractivity contribution in [2.24, 2.45) is 0 Å². The predicted octanol–water partition coefficient (Wildman–Crippen LogP) is 3.92. The van der Waals surface area contributed by atoms with Crippen molar-refractivity contribution in [3.05, 3.63) is 65.3 Å². The van der Waals surface area contributed by atoms with E-state index >= 15 is 0 Å². The van der Waals surface area contributed by atoms with Gasteiger partial charge in [-0.05, 0) is 17.5 Å². The molecule has 0 radical (unpaired) electrons. The quantitative estimate of drug-likeness (QED) is 0.743. The van der Waals surface area contributed by atoms with E-state index in [2.05, 4.69) is 16.2 Å². The minimum absolute atomic E-state index is 0.161. The largest absolute Gasteiger partial charge is 0.340 e. The Morgan fingerprint density at radius 3 is 2.70 bits per heavy atom. The molecule has 3 nitrogen and oxygen atoms in total. The Morgan fingerprint density at radius 2 is 1.91 bits per heavy atom. The maximum atomic E-state index is 12.2. The van der Waals surface area contributed by atoms with Gasteiger partial charge in [0.15, 0.2) is 0 Å². The molecular weight excluding hydrogens is 308 g/mol. The lowest BCUT2D eigenvalue weighted by atomic mass is 10.0. The zero-order chi connectivity index (χ0) is 16.2. The van der Waals surface area contributed by atoms with Crippen LogP contribution in [0.15, 0.2) is 54.6 Å². The van der Waals surface area contributed by atoms with E-state index in [4.69, 9.17) is 18.0 Å². The average molecular weight is 321 g/mol. The number of rotatable bonds is 3. The van der Waals surface area contributed by atoms with Gasteiger partial charge in [-0.1, -0.05) is 60.0 Å². The molecule has 3 aromatic rings. The molecule has 0 spiro atoms. The van der Waals surface area contributed by atoms with E-state index in [9.17, 15) is 4.79 Å². The smallest absolute Gasteiger partial charge is 0.270 e. The minimum atomic E-state index is -0.304. The summed E-state index contributed by atoms with van der Waals surface area (Å²) in [5.74, 6) is 2.08. The highest BCUT2D eigenvalue weighted by molar-refractivity contribution is 6.33. The van der Waals surface area contributed by atoms with E-state index in [0.29, 0.717) is 16.4 Å². The van der Waals surface area contributed by atoms with E-state index in [0.717, 1.165) is 16.3 Å². The van der Waals surface area contributed by atoms with Gasteiger partial charge in [-0.2, -0.15) is 0 Å². The average Bonchev–Trinajstić information content (AvgIpc) is 2.59. The minimum Gasteiger partial charge on any atom is -0.340 e. The van der Waals surface area contributed by atoms with Gasteiger partial charge in [0.25, 0.3) is 5.91 Å². The second-order valence-electron chi connectivity index (χ2n) is 4.94. The van der Waals surface area contributed by atoms with Crippen LogP contribution >= 0.6 is 11.6 Å². The van der Waals surface area contributed by atoms with Gasteiger partial charge >= 0.3 is 0 Å². The normalized spacial score (nSPS) is 10.3. The number of benzene rings is 2. The molecule has 0 unspecified atom stereocenters. The predicted molar refractivity (Wildman–Crippen MR) is 93.4 cm³/mol. The number of pyridine rings is 1. The molecule has 3 rings (SSSR count). The highest BCUT2D eigenvalue weighted by atomic mass is 35.5. The van der Waals surface area contributed by atoms with Crippen molar-refractivity contribution in [3.63, 3.8) is 0 Å². The third kappa shape index (κ3) is 3.03. The number of nitrogens with one attached hydrogen (secondary N) is 1. The first-order valence-electron chi connectivity index (χ1n) is 7.07. The van der Waals surface area contributed by atoms with Crippen molar-refractivity contribution < 1.29 is 4.79 Å². The number of terminal acetylenes is 1. The molecule has 0 aliphatic rings. The maximum absolute atomic E-state index is 12.2. The fourth-order valence-electron chi connectivity index (χ4n) is 2.40. The standard InChI is InChI=1S/C19H13ClN2O/c1-2-11-21-19(23)17-12-13-7-3-4-8-14(13)18(22-17)15-9-5-6-10-16(15)20/h1,3-10,12H,11H2,(H,21,23). The summed E-state index contributed by atoms with van der Waals surface area (Å²) in [6.45, 7) is 0.161. The fraction of sp³-hybridized carbons (Fsp3) is 0.0526. The zero-order valence-corrected chi connectivity index (χ0v) is 13.0. The van der Waals surface area contributed by atoms with Gasteiger partial charge in [0, 0.05) is 16.0 Å². The number of hydrogen-bond acceptors (Lipinski definition) is 2. The first kappa shape index (κ1) is 15.1. The molecule has 1 N–H and O–H groups in total. The SMILES string of the molecule is C#CCNC(=O)c1cc2ccccc2c(-c2ccccc2Cl)n1. The van der Waals surface area contributed by atoms with Gasteiger partial charge < -0.3 is 5.32 Å². The summed E-state index contributed by atoms with van der Waals surface area (Å²) in [5, 5.41) is 5.08. The van der Waals surface area contributed by atoms with Crippen LogP contribution in [0.1, 0.15) is 10.5 Å².